The van der Waals surface area contributed by atoms with Crippen molar-refractivity contribution in [3.05, 3.63) is 45.3 Å². The normalized spacial score (nSPS) is 18.5. The third-order valence-corrected chi connectivity index (χ3v) is 5.31. The zero-order valence-electron chi connectivity index (χ0n) is 16.9. The van der Waals surface area contributed by atoms with Gasteiger partial charge in [-0.1, -0.05) is 13.0 Å². The van der Waals surface area contributed by atoms with Gasteiger partial charge in [0.05, 0.1) is 18.7 Å². The molecule has 2 aromatic rings. The number of carbonyl (C=O) groups is 2. The van der Waals surface area contributed by atoms with Crippen molar-refractivity contribution in [2.24, 2.45) is 10.9 Å². The molecule has 1 fully saturated rings. The Morgan fingerprint density at radius 2 is 2.17 bits per heavy atom. The Morgan fingerprint density at radius 1 is 1.33 bits per heavy atom. The summed E-state index contributed by atoms with van der Waals surface area (Å²) in [5, 5.41) is 2.76. The van der Waals surface area contributed by atoms with Crippen LogP contribution in [-0.4, -0.2) is 42.0 Å². The first-order valence-corrected chi connectivity index (χ1v) is 9.90. The number of benzene rings is 1. The monoisotopic (exact) mass is 409 g/mol. The molecule has 2 amide bonds. The molecule has 0 radical (unpaired) electrons. The molecule has 0 saturated carbocycles. The van der Waals surface area contributed by atoms with Crippen molar-refractivity contribution in [2.45, 2.75) is 26.2 Å². The molecule has 2 aliphatic heterocycles. The number of methoxy groups -OCH3 is 1. The van der Waals surface area contributed by atoms with E-state index < -0.39 is 17.4 Å². The highest BCUT2D eigenvalue weighted by atomic mass is 16.5. The van der Waals surface area contributed by atoms with Crippen LogP contribution in [0.5, 0.6) is 5.75 Å². The van der Waals surface area contributed by atoms with Crippen molar-refractivity contribution in [3.63, 3.8) is 0 Å². The number of hydrogen-bond donors (Lipinski definition) is 2. The fourth-order valence-electron chi connectivity index (χ4n) is 3.83. The number of rotatable bonds is 4. The van der Waals surface area contributed by atoms with Crippen LogP contribution in [0.4, 0.5) is 11.6 Å². The molecule has 1 atom stereocenters. The number of H-pyrrole nitrogens is 1. The van der Waals surface area contributed by atoms with Crippen molar-refractivity contribution < 1.29 is 14.3 Å². The first kappa shape index (κ1) is 19.8. The van der Waals surface area contributed by atoms with Gasteiger partial charge in [0.2, 0.25) is 5.95 Å². The van der Waals surface area contributed by atoms with Gasteiger partial charge in [-0.25, -0.2) is 0 Å². The summed E-state index contributed by atoms with van der Waals surface area (Å²) in [6, 6.07) is 6.82. The quantitative estimate of drug-likeness (QED) is 0.753. The van der Waals surface area contributed by atoms with E-state index in [0.29, 0.717) is 23.3 Å². The number of aromatic nitrogens is 2. The predicted molar refractivity (Wildman–Crippen MR) is 111 cm³/mol. The van der Waals surface area contributed by atoms with Gasteiger partial charge in [0.25, 0.3) is 17.4 Å². The van der Waals surface area contributed by atoms with E-state index in [1.54, 1.807) is 24.3 Å². The van der Waals surface area contributed by atoms with Gasteiger partial charge in [-0.3, -0.25) is 19.4 Å². The highest BCUT2D eigenvalue weighted by molar-refractivity contribution is 6.23. The summed E-state index contributed by atoms with van der Waals surface area (Å²) in [5.74, 6) is 0.396. The van der Waals surface area contributed by atoms with Gasteiger partial charge in [-0.05, 0) is 30.9 Å². The lowest BCUT2D eigenvalue weighted by Crippen LogP contribution is -2.51. The average molecular weight is 409 g/mol. The maximum Gasteiger partial charge on any atom is 0.262 e. The first-order chi connectivity index (χ1) is 14.4. The van der Waals surface area contributed by atoms with Crippen LogP contribution in [0.3, 0.4) is 0 Å². The molecule has 9 heteroatoms. The van der Waals surface area contributed by atoms with Gasteiger partial charge < -0.3 is 15.0 Å². The van der Waals surface area contributed by atoms with Gasteiger partial charge in [0, 0.05) is 30.4 Å². The third-order valence-electron chi connectivity index (χ3n) is 5.31. The van der Waals surface area contributed by atoms with Gasteiger partial charge in [0.1, 0.15) is 5.75 Å². The Balaban J connectivity index is 1.74. The number of carbonyl (C=O) groups excluding carboxylic acids is 2. The first-order valence-electron chi connectivity index (χ1n) is 9.90. The van der Waals surface area contributed by atoms with Crippen molar-refractivity contribution in [2.75, 3.05) is 30.4 Å². The van der Waals surface area contributed by atoms with Crippen LogP contribution in [0.2, 0.25) is 0 Å². The van der Waals surface area contributed by atoms with Crippen molar-refractivity contribution in [1.29, 1.82) is 0 Å². The number of anilines is 2. The van der Waals surface area contributed by atoms with Crippen molar-refractivity contribution >= 4 is 29.0 Å². The standard InChI is InChI=1S/C21H23N5O4/c1-12-5-4-8-26(11-12)21-24-18-17(20(29)25-21)15(10-16(27)23-18)19(28)22-13-6-3-7-14(9-13)30-2/h3,6-7,9,12H,4-5,8,10-11H2,1-2H3,(H,22,28)(H,23,24,25,27,29). The SMILES string of the molecule is COc1cccc(NC(=O)C2=c3c(nc(N4CCCC(C)C4)[nH]c3=O)=NC(=O)C2)c1. The van der Waals surface area contributed by atoms with E-state index in [2.05, 4.69) is 27.2 Å². The van der Waals surface area contributed by atoms with Crippen LogP contribution in [0.25, 0.3) is 5.57 Å². The second kappa shape index (κ2) is 8.10. The molecule has 2 N–H and O–H groups in total. The maximum atomic E-state index is 12.9. The zero-order chi connectivity index (χ0) is 21.3. The lowest BCUT2D eigenvalue weighted by molar-refractivity contribution is -0.118. The Morgan fingerprint density at radius 3 is 2.93 bits per heavy atom. The van der Waals surface area contributed by atoms with Gasteiger partial charge in [-0.2, -0.15) is 9.98 Å². The molecule has 1 aromatic heterocycles. The molecule has 9 nitrogen and oxygen atoms in total. The van der Waals surface area contributed by atoms with E-state index in [1.807, 2.05) is 4.90 Å². The fourth-order valence-corrected chi connectivity index (χ4v) is 3.83. The predicted octanol–water partition coefficient (Wildman–Crippen LogP) is 0.354. The van der Waals surface area contributed by atoms with Crippen LogP contribution >= 0.6 is 0 Å². The van der Waals surface area contributed by atoms with Crippen LogP contribution in [0.15, 0.2) is 34.1 Å². The molecule has 1 saturated heterocycles. The minimum atomic E-state index is -0.542. The molecular formula is C21H23N5O4. The molecule has 3 heterocycles. The smallest absolute Gasteiger partial charge is 0.262 e. The number of piperidine rings is 1. The summed E-state index contributed by atoms with van der Waals surface area (Å²) in [5.41, 5.74) is 0.0751. The Labute approximate surface area is 172 Å². The van der Waals surface area contributed by atoms with Crippen LogP contribution in [0.1, 0.15) is 26.2 Å². The second-order valence-corrected chi connectivity index (χ2v) is 7.63. The summed E-state index contributed by atoms with van der Waals surface area (Å²) in [4.78, 5) is 51.0. The Hall–Kier alpha value is -3.49. The minimum absolute atomic E-state index is 0.000909. The minimum Gasteiger partial charge on any atom is -0.497 e. The van der Waals surface area contributed by atoms with E-state index in [-0.39, 0.29) is 22.7 Å². The molecule has 2 aliphatic rings. The van der Waals surface area contributed by atoms with E-state index in [4.69, 9.17) is 4.74 Å². The van der Waals surface area contributed by atoms with E-state index in [1.165, 1.54) is 7.11 Å². The highest BCUT2D eigenvalue weighted by Crippen LogP contribution is 2.19. The average Bonchev–Trinajstić information content (AvgIpc) is 2.72. The van der Waals surface area contributed by atoms with Gasteiger partial charge in [-0.15, -0.1) is 0 Å². The van der Waals surface area contributed by atoms with E-state index in [0.717, 1.165) is 25.9 Å². The lowest BCUT2D eigenvalue weighted by atomic mass is 10.0. The number of nitrogens with zero attached hydrogens (tertiary/aromatic N) is 3. The molecule has 4 rings (SSSR count). The number of aromatic amines is 1. The summed E-state index contributed by atoms with van der Waals surface area (Å²) < 4.78 is 5.16. The number of nitrogens with one attached hydrogen (secondary N) is 2. The van der Waals surface area contributed by atoms with Crippen LogP contribution in [0, 0.1) is 5.92 Å². The number of hydrogen-bond acceptors (Lipinski definition) is 6. The van der Waals surface area contributed by atoms with E-state index >= 15 is 0 Å². The van der Waals surface area contributed by atoms with Gasteiger partial charge >= 0.3 is 0 Å². The highest BCUT2D eigenvalue weighted by Gasteiger charge is 2.24. The third kappa shape index (κ3) is 3.96. The van der Waals surface area contributed by atoms with Crippen molar-refractivity contribution in [3.8, 4) is 5.75 Å². The second-order valence-electron chi connectivity index (χ2n) is 7.63. The molecule has 156 valence electrons. The number of fused-ring (bicyclic) bond motifs is 1. The van der Waals surface area contributed by atoms with E-state index in [9.17, 15) is 14.4 Å². The lowest BCUT2D eigenvalue weighted by Gasteiger charge is -2.31. The molecule has 0 spiro atoms. The zero-order valence-corrected chi connectivity index (χ0v) is 16.9. The topological polar surface area (TPSA) is 117 Å². The molecular weight excluding hydrogens is 386 g/mol. The van der Waals surface area contributed by atoms with Crippen molar-refractivity contribution in [1.82, 2.24) is 9.97 Å². The molecule has 30 heavy (non-hydrogen) atoms. The number of amides is 2. The Kier molecular flexibility index (Phi) is 5.35. The molecule has 1 unspecified atom stereocenters. The summed E-state index contributed by atoms with van der Waals surface area (Å²) >= 11 is 0. The maximum absolute atomic E-state index is 12.9. The summed E-state index contributed by atoms with van der Waals surface area (Å²) in [6.45, 7) is 3.68. The Bertz CT molecular complexity index is 1190. The molecule has 0 bridgehead atoms. The van der Waals surface area contributed by atoms with Crippen LogP contribution in [-0.2, 0) is 9.59 Å². The molecule has 0 aliphatic carbocycles. The van der Waals surface area contributed by atoms with Gasteiger partial charge in [0.15, 0.2) is 5.49 Å². The molecule has 1 aromatic carbocycles. The summed E-state index contributed by atoms with van der Waals surface area (Å²) in [6.07, 6.45) is 1.86. The van der Waals surface area contributed by atoms with Crippen LogP contribution < -0.4 is 31.2 Å². The number of ether oxygens (including phenoxy) is 1. The summed E-state index contributed by atoms with van der Waals surface area (Å²) in [7, 11) is 1.53. The largest absolute Gasteiger partial charge is 0.497 e. The fraction of sp³-hybridized carbons (Fsp3) is 0.381.